The lowest BCUT2D eigenvalue weighted by atomic mass is 10.1. The van der Waals surface area contributed by atoms with Crippen LogP contribution in [-0.4, -0.2) is 36.3 Å². The molecular formula is C22H26FN4OS+. The van der Waals surface area contributed by atoms with Crippen molar-refractivity contribution in [3.05, 3.63) is 51.9 Å². The summed E-state index contributed by atoms with van der Waals surface area (Å²) in [6.07, 6.45) is 3.46. The van der Waals surface area contributed by atoms with Crippen molar-refractivity contribution in [2.24, 2.45) is 0 Å². The zero-order chi connectivity index (χ0) is 19.8. The number of nitrogens with zero attached hydrogens (tertiary/aromatic N) is 2. The zero-order valence-electron chi connectivity index (χ0n) is 16.6. The molecule has 0 bridgehead atoms. The van der Waals surface area contributed by atoms with E-state index in [9.17, 15) is 4.39 Å². The van der Waals surface area contributed by atoms with E-state index in [1.165, 1.54) is 39.3 Å². The summed E-state index contributed by atoms with van der Waals surface area (Å²) in [6, 6.07) is 6.73. The molecule has 1 aliphatic carbocycles. The Balaban J connectivity index is 1.49. The molecule has 1 fully saturated rings. The number of fused-ring (bicyclic) bond motifs is 3. The van der Waals surface area contributed by atoms with Crippen LogP contribution in [-0.2, 0) is 24.1 Å². The minimum Gasteiger partial charge on any atom is -0.370 e. The van der Waals surface area contributed by atoms with Gasteiger partial charge in [-0.15, -0.1) is 11.3 Å². The average molecular weight is 414 g/mol. The summed E-state index contributed by atoms with van der Waals surface area (Å²) < 4.78 is 18.8. The smallest absolute Gasteiger partial charge is 0.187 e. The van der Waals surface area contributed by atoms with Crippen LogP contribution in [0.15, 0.2) is 24.3 Å². The molecule has 1 saturated heterocycles. The predicted octanol–water partition coefficient (Wildman–Crippen LogP) is 2.91. The molecule has 3 aromatic rings. The Kier molecular flexibility index (Phi) is 5.20. The van der Waals surface area contributed by atoms with Crippen molar-refractivity contribution in [3.8, 4) is 0 Å². The van der Waals surface area contributed by atoms with Gasteiger partial charge in [-0.2, -0.15) is 0 Å². The predicted molar refractivity (Wildman–Crippen MR) is 113 cm³/mol. The first-order valence-corrected chi connectivity index (χ1v) is 11.2. The molecule has 0 radical (unpaired) electrons. The lowest BCUT2D eigenvalue weighted by Gasteiger charge is -2.23. The third-order valence-electron chi connectivity index (χ3n) is 5.94. The number of anilines is 1. The van der Waals surface area contributed by atoms with E-state index < -0.39 is 0 Å². The molecule has 2 aliphatic rings. The first kappa shape index (κ1) is 18.9. The second-order valence-electron chi connectivity index (χ2n) is 7.98. The highest BCUT2D eigenvalue weighted by atomic mass is 32.1. The van der Waals surface area contributed by atoms with E-state index in [4.69, 9.17) is 14.7 Å². The van der Waals surface area contributed by atoms with Gasteiger partial charge >= 0.3 is 0 Å². The molecule has 152 valence electrons. The maximum Gasteiger partial charge on any atom is 0.187 e. The Morgan fingerprint density at radius 3 is 2.76 bits per heavy atom. The highest BCUT2D eigenvalue weighted by Crippen LogP contribution is 2.40. The van der Waals surface area contributed by atoms with Crippen LogP contribution in [0.4, 0.5) is 10.2 Å². The van der Waals surface area contributed by atoms with Crippen molar-refractivity contribution in [1.82, 2.24) is 9.97 Å². The maximum atomic E-state index is 13.3. The molecule has 3 heterocycles. The van der Waals surface area contributed by atoms with Crippen molar-refractivity contribution in [1.29, 1.82) is 0 Å². The third kappa shape index (κ3) is 3.86. The van der Waals surface area contributed by atoms with E-state index in [-0.39, 0.29) is 11.9 Å². The highest BCUT2D eigenvalue weighted by molar-refractivity contribution is 7.19. The second-order valence-corrected chi connectivity index (χ2v) is 9.07. The van der Waals surface area contributed by atoms with Crippen LogP contribution >= 0.6 is 11.3 Å². The van der Waals surface area contributed by atoms with E-state index in [0.29, 0.717) is 0 Å². The Hall–Kier alpha value is -2.09. The summed E-state index contributed by atoms with van der Waals surface area (Å²) in [5, 5.41) is 4.81. The summed E-state index contributed by atoms with van der Waals surface area (Å²) in [5.41, 5.74) is 2.47. The number of aromatic nitrogens is 2. The summed E-state index contributed by atoms with van der Waals surface area (Å²) >= 11 is 1.83. The highest BCUT2D eigenvalue weighted by Gasteiger charge is 2.24. The van der Waals surface area contributed by atoms with Gasteiger partial charge in [-0.25, -0.2) is 14.4 Å². The van der Waals surface area contributed by atoms with Crippen molar-refractivity contribution in [2.45, 2.75) is 38.8 Å². The van der Waals surface area contributed by atoms with Gasteiger partial charge in [0.2, 0.25) is 0 Å². The van der Waals surface area contributed by atoms with E-state index in [0.717, 1.165) is 67.7 Å². The maximum absolute atomic E-state index is 13.3. The van der Waals surface area contributed by atoms with Crippen LogP contribution < -0.4 is 10.2 Å². The normalized spacial score (nSPS) is 18.1. The molecule has 29 heavy (non-hydrogen) atoms. The first-order valence-electron chi connectivity index (χ1n) is 10.4. The molecule has 1 aromatic carbocycles. The second kappa shape index (κ2) is 7.97. The minimum atomic E-state index is -0.211. The van der Waals surface area contributed by atoms with Crippen molar-refractivity contribution >= 4 is 27.4 Å². The molecule has 2 aromatic heterocycles. The monoisotopic (exact) mass is 413 g/mol. The van der Waals surface area contributed by atoms with Crippen molar-refractivity contribution < 1.29 is 14.0 Å². The lowest BCUT2D eigenvalue weighted by molar-refractivity contribution is -0.922. The number of thiophene rings is 1. The fraction of sp³-hybridized carbons (Fsp3) is 0.455. The molecule has 5 nitrogen and oxygen atoms in total. The number of halogens is 1. The quantitative estimate of drug-likeness (QED) is 0.675. The van der Waals surface area contributed by atoms with Gasteiger partial charge in [0.1, 0.15) is 36.1 Å². The number of quaternary nitrogens is 1. The fourth-order valence-electron chi connectivity index (χ4n) is 4.32. The van der Waals surface area contributed by atoms with E-state index in [2.05, 4.69) is 12.2 Å². The number of morpholine rings is 1. The molecule has 0 unspecified atom stereocenters. The van der Waals surface area contributed by atoms with Gasteiger partial charge in [-0.3, -0.25) is 0 Å². The summed E-state index contributed by atoms with van der Waals surface area (Å²) in [6.45, 7) is 6.52. The Labute approximate surface area is 173 Å². The van der Waals surface area contributed by atoms with Gasteiger partial charge in [0.05, 0.1) is 18.6 Å². The molecule has 5 rings (SSSR count). The van der Waals surface area contributed by atoms with Gasteiger partial charge in [-0.05, 0) is 49.4 Å². The van der Waals surface area contributed by atoms with Gasteiger partial charge in [0.25, 0.3) is 0 Å². The number of rotatable bonds is 5. The molecule has 2 N–H and O–H groups in total. The summed E-state index contributed by atoms with van der Waals surface area (Å²) in [5.74, 6) is 1.61. The third-order valence-corrected chi connectivity index (χ3v) is 7.13. The van der Waals surface area contributed by atoms with Crippen LogP contribution in [0.1, 0.15) is 41.2 Å². The molecule has 0 spiro atoms. The summed E-state index contributed by atoms with van der Waals surface area (Å²) in [4.78, 5) is 13.9. The van der Waals surface area contributed by atoms with Crippen LogP contribution in [0.2, 0.25) is 0 Å². The molecule has 7 heteroatoms. The van der Waals surface area contributed by atoms with Crippen LogP contribution in [0.25, 0.3) is 10.2 Å². The average Bonchev–Trinajstić information content (AvgIpc) is 3.30. The lowest BCUT2D eigenvalue weighted by Crippen LogP contribution is -3.12. The van der Waals surface area contributed by atoms with Crippen LogP contribution in [0.3, 0.4) is 0 Å². The number of aryl methyl sites for hydroxylation is 2. The van der Waals surface area contributed by atoms with Crippen molar-refractivity contribution in [3.63, 3.8) is 0 Å². The SMILES string of the molecule is C[C@H](Nc1nc(C[NH+]2CCOCC2)nc2sc3c(c12)CCC3)c1ccc(F)cc1. The van der Waals surface area contributed by atoms with E-state index in [1.807, 2.05) is 23.5 Å². The molecule has 0 amide bonds. The Bertz CT molecular complexity index is 1010. The van der Waals surface area contributed by atoms with Crippen molar-refractivity contribution in [2.75, 3.05) is 31.6 Å². The molecule has 1 atom stereocenters. The number of nitrogens with one attached hydrogen (secondary N) is 2. The fourth-order valence-corrected chi connectivity index (χ4v) is 5.60. The number of ether oxygens (including phenoxy) is 1. The number of hydrogen-bond donors (Lipinski definition) is 2. The van der Waals surface area contributed by atoms with Crippen LogP contribution in [0.5, 0.6) is 0 Å². The first-order chi connectivity index (χ1) is 14.2. The number of hydrogen-bond acceptors (Lipinski definition) is 5. The minimum absolute atomic E-state index is 0.0363. The van der Waals surface area contributed by atoms with E-state index in [1.54, 1.807) is 0 Å². The van der Waals surface area contributed by atoms with E-state index >= 15 is 0 Å². The van der Waals surface area contributed by atoms with Gasteiger partial charge in [0.15, 0.2) is 5.82 Å². The Morgan fingerprint density at radius 1 is 1.17 bits per heavy atom. The van der Waals surface area contributed by atoms with Crippen LogP contribution in [0, 0.1) is 5.82 Å². The molecular weight excluding hydrogens is 387 g/mol. The number of benzene rings is 1. The molecule has 1 aliphatic heterocycles. The summed E-state index contributed by atoms with van der Waals surface area (Å²) in [7, 11) is 0. The van der Waals surface area contributed by atoms with Gasteiger partial charge in [0, 0.05) is 10.9 Å². The standard InChI is InChI=1S/C22H25FN4OS/c1-14(15-5-7-16(23)8-6-15)24-21-20-17-3-2-4-18(17)29-22(20)26-19(25-21)13-27-9-11-28-12-10-27/h5-8,14H,2-4,9-13H2,1H3,(H,24,25,26)/p+1/t14-/m0/s1. The molecule has 0 saturated carbocycles. The van der Waals surface area contributed by atoms with Gasteiger partial charge < -0.3 is 15.0 Å². The Morgan fingerprint density at radius 2 is 1.97 bits per heavy atom. The van der Waals surface area contributed by atoms with Gasteiger partial charge in [-0.1, -0.05) is 12.1 Å². The zero-order valence-corrected chi connectivity index (χ0v) is 17.4. The topological polar surface area (TPSA) is 51.5 Å². The largest absolute Gasteiger partial charge is 0.370 e.